The van der Waals surface area contributed by atoms with Gasteiger partial charge in [-0.05, 0) is 88.5 Å². The lowest BCUT2D eigenvalue weighted by atomic mass is 10.2. The van der Waals surface area contributed by atoms with E-state index >= 15 is 0 Å². The molecule has 0 aliphatic heterocycles. The molecular weight excluding hydrogens is 670 g/mol. The smallest absolute Gasteiger partial charge is 0.339 e. The largest absolute Gasteiger partial charge is 0.478 e. The number of hydrogen-bond acceptors (Lipinski definition) is 3. The van der Waals surface area contributed by atoms with Crippen molar-refractivity contribution in [3.05, 3.63) is 63.6 Å². The van der Waals surface area contributed by atoms with Gasteiger partial charge in [-0.1, -0.05) is 31.9 Å². The number of aromatic carboxylic acids is 1. The minimum absolute atomic E-state index is 0.270. The fourth-order valence-electron chi connectivity index (χ4n) is 1.52. The topological polar surface area (TPSA) is 63.6 Å². The number of carbonyl (C=O) groups excluding carboxylic acids is 1. The highest BCUT2D eigenvalue weighted by Crippen LogP contribution is 2.19. The van der Waals surface area contributed by atoms with E-state index in [1.807, 2.05) is 40.8 Å². The van der Waals surface area contributed by atoms with Crippen LogP contribution in [0.5, 0.6) is 0 Å². The van der Waals surface area contributed by atoms with Crippen molar-refractivity contribution in [3.63, 3.8) is 0 Å². The summed E-state index contributed by atoms with van der Waals surface area (Å²) < 4.78 is 8.22. The molecule has 0 spiro atoms. The predicted molar refractivity (Wildman–Crippen MR) is 117 cm³/mol. The van der Waals surface area contributed by atoms with Crippen LogP contribution < -0.4 is 0 Å². The van der Waals surface area contributed by atoms with Crippen LogP contribution in [-0.4, -0.2) is 23.7 Å². The van der Waals surface area contributed by atoms with Crippen LogP contribution in [0.4, 0.5) is 0 Å². The first kappa shape index (κ1) is 21.8. The first-order valence-corrected chi connectivity index (χ1v) is 10.3. The fourth-order valence-corrected chi connectivity index (χ4v) is 3.37. The summed E-state index contributed by atoms with van der Waals surface area (Å²) in [5, 5.41) is 8.66. The average molecular weight is 682 g/mol. The highest BCUT2D eigenvalue weighted by Gasteiger charge is 2.10. The van der Waals surface area contributed by atoms with Crippen molar-refractivity contribution in [1.82, 2.24) is 0 Å². The van der Waals surface area contributed by atoms with Crippen LogP contribution in [0.25, 0.3) is 0 Å². The minimum Gasteiger partial charge on any atom is -0.478 e. The Labute approximate surface area is 183 Å². The van der Waals surface area contributed by atoms with Gasteiger partial charge in [-0.25, -0.2) is 9.59 Å². The molecule has 8 heteroatoms. The zero-order valence-electron chi connectivity index (χ0n) is 12.4. The Kier molecular flexibility index (Phi) is 9.75. The molecule has 24 heavy (non-hydrogen) atoms. The summed E-state index contributed by atoms with van der Waals surface area (Å²) in [5.41, 5.74) is 0.941. The Hall–Kier alpha value is -0.200. The SMILES string of the molecule is CCOC(=O)c1cc(Br)ccc1I.O=C(O)c1cc(Br)ccc1I. The summed E-state index contributed by atoms with van der Waals surface area (Å²) in [4.78, 5) is 21.9. The maximum Gasteiger partial charge on any atom is 0.339 e. The first-order valence-electron chi connectivity index (χ1n) is 6.56. The van der Waals surface area contributed by atoms with Crippen molar-refractivity contribution >= 4 is 89.0 Å². The van der Waals surface area contributed by atoms with Gasteiger partial charge in [-0.3, -0.25) is 0 Å². The zero-order chi connectivity index (χ0) is 18.3. The van der Waals surface area contributed by atoms with Crippen molar-refractivity contribution in [3.8, 4) is 0 Å². The van der Waals surface area contributed by atoms with Gasteiger partial charge >= 0.3 is 11.9 Å². The molecule has 4 nitrogen and oxygen atoms in total. The molecule has 0 aliphatic carbocycles. The van der Waals surface area contributed by atoms with E-state index in [4.69, 9.17) is 9.84 Å². The predicted octanol–water partition coefficient (Wildman–Crippen LogP) is 5.98. The number of benzene rings is 2. The van der Waals surface area contributed by atoms with E-state index in [0.29, 0.717) is 17.7 Å². The molecule has 0 bridgehead atoms. The van der Waals surface area contributed by atoms with E-state index in [1.165, 1.54) is 0 Å². The summed E-state index contributed by atoms with van der Waals surface area (Å²) in [6, 6.07) is 10.7. The minimum atomic E-state index is -0.893. The molecule has 0 unspecified atom stereocenters. The number of halogens is 4. The quantitative estimate of drug-likeness (QED) is 0.320. The molecule has 1 N–H and O–H groups in total. The normalized spacial score (nSPS) is 9.71. The van der Waals surface area contributed by atoms with Crippen molar-refractivity contribution < 1.29 is 19.4 Å². The highest BCUT2D eigenvalue weighted by atomic mass is 127. The van der Waals surface area contributed by atoms with Gasteiger partial charge < -0.3 is 9.84 Å². The van der Waals surface area contributed by atoms with Gasteiger partial charge in [0.05, 0.1) is 17.7 Å². The second kappa shape index (κ2) is 10.7. The Morgan fingerprint density at radius 1 is 1.00 bits per heavy atom. The summed E-state index contributed by atoms with van der Waals surface area (Å²) >= 11 is 10.6. The van der Waals surface area contributed by atoms with Crippen molar-refractivity contribution in [2.75, 3.05) is 6.61 Å². The number of hydrogen-bond donors (Lipinski definition) is 1. The van der Waals surface area contributed by atoms with E-state index in [9.17, 15) is 9.59 Å². The number of carboxylic acids is 1. The molecule has 0 saturated heterocycles. The molecule has 2 rings (SSSR count). The Morgan fingerprint density at radius 2 is 1.46 bits per heavy atom. The molecule has 0 radical (unpaired) electrons. The van der Waals surface area contributed by atoms with E-state index in [0.717, 1.165) is 16.1 Å². The highest BCUT2D eigenvalue weighted by molar-refractivity contribution is 14.1. The van der Waals surface area contributed by atoms with Crippen LogP contribution in [0.2, 0.25) is 0 Å². The van der Waals surface area contributed by atoms with Crippen molar-refractivity contribution in [1.29, 1.82) is 0 Å². The molecule has 0 atom stereocenters. The van der Waals surface area contributed by atoms with E-state index in [2.05, 4.69) is 54.5 Å². The average Bonchev–Trinajstić information content (AvgIpc) is 2.52. The molecule has 0 aliphatic rings. The molecule has 0 fully saturated rings. The van der Waals surface area contributed by atoms with E-state index in [1.54, 1.807) is 25.1 Å². The first-order chi connectivity index (χ1) is 11.3. The van der Waals surface area contributed by atoms with Crippen LogP contribution in [0.1, 0.15) is 27.6 Å². The lowest BCUT2D eigenvalue weighted by Gasteiger charge is -2.04. The molecular formula is C16H12Br2I2O4. The summed E-state index contributed by atoms with van der Waals surface area (Å²) in [7, 11) is 0. The molecule has 0 aromatic heterocycles. The number of rotatable bonds is 3. The van der Waals surface area contributed by atoms with Gasteiger partial charge in [-0.15, -0.1) is 0 Å². The molecule has 0 saturated carbocycles. The van der Waals surface area contributed by atoms with E-state index in [-0.39, 0.29) is 5.97 Å². The number of ether oxygens (including phenoxy) is 1. The molecule has 128 valence electrons. The third-order valence-electron chi connectivity index (χ3n) is 2.58. The van der Waals surface area contributed by atoms with Gasteiger partial charge in [0, 0.05) is 16.1 Å². The Balaban J connectivity index is 0.000000243. The molecule has 2 aromatic rings. The van der Waals surface area contributed by atoms with Gasteiger partial charge in [0.2, 0.25) is 0 Å². The van der Waals surface area contributed by atoms with Crippen LogP contribution in [0, 0.1) is 7.14 Å². The summed E-state index contributed by atoms with van der Waals surface area (Å²) in [6.45, 7) is 2.20. The Bertz CT molecular complexity index is 751. The van der Waals surface area contributed by atoms with E-state index < -0.39 is 5.97 Å². The van der Waals surface area contributed by atoms with Gasteiger partial charge in [-0.2, -0.15) is 0 Å². The number of carbonyl (C=O) groups is 2. The summed E-state index contributed by atoms with van der Waals surface area (Å²) in [5.74, 6) is -1.16. The third-order valence-corrected chi connectivity index (χ3v) is 5.45. The lowest BCUT2D eigenvalue weighted by molar-refractivity contribution is 0.0524. The molecule has 0 amide bonds. The van der Waals surface area contributed by atoms with Crippen LogP contribution in [0.3, 0.4) is 0 Å². The number of carboxylic acid groups (broad SMARTS) is 1. The van der Waals surface area contributed by atoms with Crippen LogP contribution in [-0.2, 0) is 4.74 Å². The molecule has 0 heterocycles. The lowest BCUT2D eigenvalue weighted by Crippen LogP contribution is -2.06. The number of esters is 1. The summed E-state index contributed by atoms with van der Waals surface area (Å²) in [6.07, 6.45) is 0. The van der Waals surface area contributed by atoms with Gasteiger partial charge in [0.25, 0.3) is 0 Å². The van der Waals surface area contributed by atoms with Gasteiger partial charge in [0.1, 0.15) is 0 Å². The maximum absolute atomic E-state index is 11.4. The van der Waals surface area contributed by atoms with Gasteiger partial charge in [0.15, 0.2) is 0 Å². The maximum atomic E-state index is 11.4. The van der Waals surface area contributed by atoms with Crippen molar-refractivity contribution in [2.45, 2.75) is 6.92 Å². The van der Waals surface area contributed by atoms with Crippen molar-refractivity contribution in [2.24, 2.45) is 0 Å². The molecule has 2 aromatic carbocycles. The van der Waals surface area contributed by atoms with Crippen LogP contribution in [0.15, 0.2) is 45.3 Å². The second-order valence-electron chi connectivity index (χ2n) is 4.27. The fraction of sp³-hybridized carbons (Fsp3) is 0.125. The Morgan fingerprint density at radius 3 is 1.88 bits per heavy atom. The zero-order valence-corrected chi connectivity index (χ0v) is 19.8. The standard InChI is InChI=1S/C9H8BrIO2.C7H4BrIO2/c1-2-13-9(12)7-5-6(10)3-4-8(7)11;8-4-1-2-6(9)5(3-4)7(10)11/h3-5H,2H2,1H3;1-3H,(H,10,11). The third kappa shape index (κ3) is 6.96. The monoisotopic (exact) mass is 680 g/mol. The van der Waals surface area contributed by atoms with Crippen LogP contribution >= 0.6 is 77.0 Å². The second-order valence-corrected chi connectivity index (χ2v) is 8.43.